The van der Waals surface area contributed by atoms with Crippen LogP contribution in [0.1, 0.15) is 24.2 Å². The third kappa shape index (κ3) is 5.00. The van der Waals surface area contributed by atoms with Gasteiger partial charge in [-0.1, -0.05) is 15.9 Å². The van der Waals surface area contributed by atoms with E-state index in [-0.39, 0.29) is 11.7 Å². The summed E-state index contributed by atoms with van der Waals surface area (Å²) in [6.45, 7) is 4.63. The summed E-state index contributed by atoms with van der Waals surface area (Å²) >= 11 is 3.38. The van der Waals surface area contributed by atoms with Crippen molar-refractivity contribution in [1.29, 1.82) is 0 Å². The van der Waals surface area contributed by atoms with Crippen LogP contribution in [0.2, 0.25) is 0 Å². The predicted octanol–water partition coefficient (Wildman–Crippen LogP) is 4.20. The number of hydrogen-bond acceptors (Lipinski definition) is 5. The van der Waals surface area contributed by atoms with E-state index in [9.17, 15) is 13.2 Å². The van der Waals surface area contributed by atoms with Crippen molar-refractivity contribution in [3.8, 4) is 11.5 Å². The molecule has 8 heteroatoms. The van der Waals surface area contributed by atoms with Crippen LogP contribution in [0.5, 0.6) is 11.5 Å². The van der Waals surface area contributed by atoms with E-state index in [0.29, 0.717) is 36.0 Å². The van der Waals surface area contributed by atoms with Crippen LogP contribution in [0, 0.1) is 0 Å². The topological polar surface area (TPSA) is 72.9 Å². The predicted molar refractivity (Wildman–Crippen MR) is 116 cm³/mol. The van der Waals surface area contributed by atoms with E-state index in [1.807, 2.05) is 26.0 Å². The Balaban J connectivity index is 2.01. The first-order chi connectivity index (χ1) is 13.8. The Hall–Kier alpha value is -2.32. The Morgan fingerprint density at radius 2 is 1.72 bits per heavy atom. The van der Waals surface area contributed by atoms with E-state index >= 15 is 0 Å². The van der Waals surface area contributed by atoms with E-state index in [4.69, 9.17) is 9.47 Å². The number of hydrogen-bond donors (Lipinski definition) is 0. The quantitative estimate of drug-likeness (QED) is 0.594. The van der Waals surface area contributed by atoms with Crippen molar-refractivity contribution in [2.24, 2.45) is 0 Å². The molecule has 0 aliphatic carbocycles. The van der Waals surface area contributed by atoms with E-state index in [0.717, 1.165) is 4.47 Å². The molecule has 2 aromatic rings. The van der Waals surface area contributed by atoms with E-state index in [2.05, 4.69) is 15.9 Å². The fraction of sp³-hybridized carbons (Fsp3) is 0.286. The molecule has 2 aromatic carbocycles. The highest BCUT2D eigenvalue weighted by Crippen LogP contribution is 2.31. The minimum atomic E-state index is -3.33. The molecule has 3 rings (SSSR count). The van der Waals surface area contributed by atoms with Crippen LogP contribution in [0.15, 0.2) is 58.4 Å². The van der Waals surface area contributed by atoms with Gasteiger partial charge in [0.15, 0.2) is 21.3 Å². The molecule has 0 saturated carbocycles. The zero-order valence-electron chi connectivity index (χ0n) is 16.2. The average Bonchev–Trinajstić information content (AvgIpc) is 3.04. The summed E-state index contributed by atoms with van der Waals surface area (Å²) in [4.78, 5) is 14.9. The molecule has 0 radical (unpaired) electrons. The number of carbonyl (C=O) groups excluding carboxylic acids is 1. The van der Waals surface area contributed by atoms with Crippen molar-refractivity contribution in [1.82, 2.24) is 0 Å². The molecule has 0 bridgehead atoms. The second kappa shape index (κ2) is 9.00. The number of ether oxygens (including phenoxy) is 2. The number of anilines is 1. The minimum Gasteiger partial charge on any atom is -0.490 e. The lowest BCUT2D eigenvalue weighted by molar-refractivity contribution is 0.0982. The largest absolute Gasteiger partial charge is 0.490 e. The van der Waals surface area contributed by atoms with E-state index in [1.54, 1.807) is 36.4 Å². The second-order valence-electron chi connectivity index (χ2n) is 6.40. The van der Waals surface area contributed by atoms with Crippen LogP contribution >= 0.6 is 15.9 Å². The van der Waals surface area contributed by atoms with Gasteiger partial charge in [0.1, 0.15) is 0 Å². The Morgan fingerprint density at radius 3 is 2.31 bits per heavy atom. The summed E-state index contributed by atoms with van der Waals surface area (Å²) in [5.74, 6) is 0.572. The minimum absolute atomic E-state index is 0.149. The monoisotopic (exact) mass is 479 g/mol. The highest BCUT2D eigenvalue weighted by molar-refractivity contribution is 9.10. The summed E-state index contributed by atoms with van der Waals surface area (Å²) in [5, 5.41) is 1.17. The molecule has 154 valence electrons. The Kier molecular flexibility index (Phi) is 6.64. The Morgan fingerprint density at radius 1 is 1.07 bits per heavy atom. The smallest absolute Gasteiger partial charge is 0.258 e. The number of benzene rings is 2. The number of carbonyl (C=O) groups is 1. The lowest BCUT2D eigenvalue weighted by Crippen LogP contribution is -2.41. The summed E-state index contributed by atoms with van der Waals surface area (Å²) in [7, 11) is -3.33. The molecule has 1 heterocycles. The Labute approximate surface area is 179 Å². The van der Waals surface area contributed by atoms with Gasteiger partial charge in [-0.25, -0.2) is 8.42 Å². The molecular weight excluding hydrogens is 458 g/mol. The van der Waals surface area contributed by atoms with Crippen LogP contribution in [0.4, 0.5) is 5.69 Å². The van der Waals surface area contributed by atoms with Crippen LogP contribution in [-0.2, 0) is 9.84 Å². The third-order valence-electron chi connectivity index (χ3n) is 4.36. The molecule has 6 nitrogen and oxygen atoms in total. The lowest BCUT2D eigenvalue weighted by Gasteiger charge is -2.28. The SMILES string of the molecule is CCOc1ccc(C(=O)N(c2ccc(Br)cc2)[C@H]2C=CS(=O)(=O)C2)cc1OCC. The van der Waals surface area contributed by atoms with Crippen molar-refractivity contribution in [3.05, 3.63) is 64.0 Å². The fourth-order valence-corrected chi connectivity index (χ4v) is 4.64. The highest BCUT2D eigenvalue weighted by Gasteiger charge is 2.32. The molecule has 1 amide bonds. The van der Waals surface area contributed by atoms with E-state index < -0.39 is 15.9 Å². The number of rotatable bonds is 7. The van der Waals surface area contributed by atoms with Crippen molar-refractivity contribution in [3.63, 3.8) is 0 Å². The van der Waals surface area contributed by atoms with Gasteiger partial charge in [0.25, 0.3) is 5.91 Å². The van der Waals surface area contributed by atoms with Crippen molar-refractivity contribution >= 4 is 37.4 Å². The van der Waals surface area contributed by atoms with Gasteiger partial charge in [0, 0.05) is 21.1 Å². The molecule has 0 saturated heterocycles. The van der Waals surface area contributed by atoms with Gasteiger partial charge >= 0.3 is 0 Å². The molecule has 1 aliphatic heterocycles. The van der Waals surface area contributed by atoms with Crippen LogP contribution in [0.25, 0.3) is 0 Å². The van der Waals surface area contributed by atoms with Gasteiger partial charge in [-0.05, 0) is 62.4 Å². The molecule has 0 unspecified atom stereocenters. The summed E-state index contributed by atoms with van der Waals surface area (Å²) in [5.41, 5.74) is 0.995. The normalized spacial score (nSPS) is 17.1. The van der Waals surface area contributed by atoms with Crippen molar-refractivity contribution in [2.75, 3.05) is 23.9 Å². The molecule has 29 heavy (non-hydrogen) atoms. The summed E-state index contributed by atoms with van der Waals surface area (Å²) in [6, 6.07) is 11.6. The molecule has 1 aliphatic rings. The van der Waals surface area contributed by atoms with E-state index in [1.165, 1.54) is 10.3 Å². The summed E-state index contributed by atoms with van der Waals surface area (Å²) in [6.07, 6.45) is 1.55. The van der Waals surface area contributed by atoms with Gasteiger partial charge in [0.2, 0.25) is 0 Å². The van der Waals surface area contributed by atoms with Gasteiger partial charge in [0.05, 0.1) is 25.0 Å². The first-order valence-electron chi connectivity index (χ1n) is 9.24. The number of amides is 1. The highest BCUT2D eigenvalue weighted by atomic mass is 79.9. The van der Waals surface area contributed by atoms with Crippen LogP contribution < -0.4 is 14.4 Å². The van der Waals surface area contributed by atoms with Crippen LogP contribution in [-0.4, -0.2) is 39.3 Å². The molecule has 0 spiro atoms. The zero-order chi connectivity index (χ0) is 21.0. The standard InChI is InChI=1S/C21H22BrNO5S/c1-3-27-19-10-5-15(13-20(19)28-4-2)21(24)23(17-8-6-16(22)7-9-17)18-11-12-29(25,26)14-18/h5-13,18H,3-4,14H2,1-2H3/t18-/m0/s1. The van der Waals surface area contributed by atoms with Gasteiger partial charge in [-0.3, -0.25) is 4.79 Å². The second-order valence-corrected chi connectivity index (χ2v) is 9.25. The molecule has 0 fully saturated rings. The maximum absolute atomic E-state index is 13.4. The number of sulfone groups is 1. The summed E-state index contributed by atoms with van der Waals surface area (Å²) < 4.78 is 36.0. The van der Waals surface area contributed by atoms with Crippen molar-refractivity contribution in [2.45, 2.75) is 19.9 Å². The van der Waals surface area contributed by atoms with Crippen molar-refractivity contribution < 1.29 is 22.7 Å². The molecule has 1 atom stereocenters. The molecule has 0 N–H and O–H groups in total. The number of halogens is 1. The lowest BCUT2D eigenvalue weighted by atomic mass is 10.1. The van der Waals surface area contributed by atoms with Gasteiger partial charge < -0.3 is 14.4 Å². The zero-order valence-corrected chi connectivity index (χ0v) is 18.6. The Bertz CT molecular complexity index is 1020. The average molecular weight is 480 g/mol. The third-order valence-corrected chi connectivity index (χ3v) is 6.26. The van der Waals surface area contributed by atoms with Gasteiger partial charge in [-0.15, -0.1) is 0 Å². The molecule has 0 aromatic heterocycles. The fourth-order valence-electron chi connectivity index (χ4n) is 3.10. The maximum atomic E-state index is 13.4. The first-order valence-corrected chi connectivity index (χ1v) is 11.7. The maximum Gasteiger partial charge on any atom is 0.258 e. The van der Waals surface area contributed by atoms with Crippen LogP contribution in [0.3, 0.4) is 0 Å². The first kappa shape index (κ1) is 21.4. The number of nitrogens with zero attached hydrogens (tertiary/aromatic N) is 1. The molecular formula is C21H22BrNO5S. The van der Waals surface area contributed by atoms with Gasteiger partial charge in [-0.2, -0.15) is 0 Å².